The van der Waals surface area contributed by atoms with Crippen molar-refractivity contribution in [3.8, 4) is 0 Å². The first-order valence-corrected chi connectivity index (χ1v) is 8.09. The smallest absolute Gasteiger partial charge is 0.0940 e. The van der Waals surface area contributed by atoms with Crippen molar-refractivity contribution in [2.24, 2.45) is 5.92 Å². The number of hydrogen-bond donors (Lipinski definition) is 1. The standard InChI is InChI=1S/C16H30O2/c1-2-18-16(11-7-3-4-8-12-16)15(17)13-14-9-5-6-10-14/h14-15,17H,2-13H2,1H3. The summed E-state index contributed by atoms with van der Waals surface area (Å²) >= 11 is 0. The highest BCUT2D eigenvalue weighted by Gasteiger charge is 2.40. The molecular formula is C16H30O2. The lowest BCUT2D eigenvalue weighted by atomic mass is 9.83. The van der Waals surface area contributed by atoms with Gasteiger partial charge in [-0.25, -0.2) is 0 Å². The molecule has 0 bridgehead atoms. The van der Waals surface area contributed by atoms with Crippen LogP contribution in [0.5, 0.6) is 0 Å². The highest BCUT2D eigenvalue weighted by molar-refractivity contribution is 4.91. The zero-order valence-electron chi connectivity index (χ0n) is 12.0. The van der Waals surface area contributed by atoms with Crippen LogP contribution in [0.1, 0.15) is 77.6 Å². The minimum absolute atomic E-state index is 0.214. The fourth-order valence-corrected chi connectivity index (χ4v) is 3.96. The van der Waals surface area contributed by atoms with Crippen LogP contribution in [0.3, 0.4) is 0 Å². The molecule has 0 aromatic rings. The maximum absolute atomic E-state index is 10.7. The van der Waals surface area contributed by atoms with Crippen LogP contribution >= 0.6 is 0 Å². The summed E-state index contributed by atoms with van der Waals surface area (Å²) in [6.45, 7) is 2.80. The van der Waals surface area contributed by atoms with Gasteiger partial charge >= 0.3 is 0 Å². The zero-order chi connectivity index (χ0) is 12.8. The number of aliphatic hydroxyl groups excluding tert-OH is 1. The molecule has 1 atom stereocenters. The molecule has 0 amide bonds. The first-order valence-electron chi connectivity index (χ1n) is 8.09. The van der Waals surface area contributed by atoms with E-state index < -0.39 is 0 Å². The summed E-state index contributed by atoms with van der Waals surface area (Å²) in [6, 6.07) is 0. The van der Waals surface area contributed by atoms with Gasteiger partial charge in [0.15, 0.2) is 0 Å². The zero-order valence-corrected chi connectivity index (χ0v) is 12.0. The molecule has 2 aliphatic rings. The summed E-state index contributed by atoms with van der Waals surface area (Å²) in [5, 5.41) is 10.7. The topological polar surface area (TPSA) is 29.5 Å². The predicted molar refractivity (Wildman–Crippen MR) is 74.6 cm³/mol. The van der Waals surface area contributed by atoms with Crippen molar-refractivity contribution in [3.05, 3.63) is 0 Å². The fraction of sp³-hybridized carbons (Fsp3) is 1.00. The van der Waals surface area contributed by atoms with Crippen molar-refractivity contribution in [3.63, 3.8) is 0 Å². The van der Waals surface area contributed by atoms with Crippen molar-refractivity contribution in [1.82, 2.24) is 0 Å². The summed E-state index contributed by atoms with van der Waals surface area (Å²) in [5.74, 6) is 0.751. The molecule has 0 aromatic carbocycles. The summed E-state index contributed by atoms with van der Waals surface area (Å²) in [7, 11) is 0. The molecule has 0 aliphatic heterocycles. The third-order valence-corrected chi connectivity index (χ3v) is 5.02. The van der Waals surface area contributed by atoms with Gasteiger partial charge in [0.05, 0.1) is 11.7 Å². The van der Waals surface area contributed by atoms with Gasteiger partial charge in [0.1, 0.15) is 0 Å². The Hall–Kier alpha value is -0.0800. The van der Waals surface area contributed by atoms with Gasteiger partial charge < -0.3 is 9.84 Å². The average Bonchev–Trinajstić information content (AvgIpc) is 2.74. The van der Waals surface area contributed by atoms with E-state index in [2.05, 4.69) is 6.92 Å². The van der Waals surface area contributed by atoms with Crippen LogP contribution in [0.15, 0.2) is 0 Å². The minimum Gasteiger partial charge on any atom is -0.390 e. The SMILES string of the molecule is CCOC1(C(O)CC2CCCC2)CCCCCC1. The Labute approximate surface area is 112 Å². The first-order chi connectivity index (χ1) is 8.77. The molecule has 0 spiro atoms. The van der Waals surface area contributed by atoms with E-state index in [9.17, 15) is 5.11 Å². The third kappa shape index (κ3) is 3.48. The normalized spacial score (nSPS) is 27.0. The third-order valence-electron chi connectivity index (χ3n) is 5.02. The summed E-state index contributed by atoms with van der Waals surface area (Å²) < 4.78 is 6.07. The summed E-state index contributed by atoms with van der Waals surface area (Å²) in [4.78, 5) is 0. The van der Waals surface area contributed by atoms with Gasteiger partial charge in [-0.2, -0.15) is 0 Å². The van der Waals surface area contributed by atoms with Gasteiger partial charge in [-0.3, -0.25) is 0 Å². The second-order valence-corrected chi connectivity index (χ2v) is 6.31. The van der Waals surface area contributed by atoms with Crippen molar-refractivity contribution >= 4 is 0 Å². The van der Waals surface area contributed by atoms with E-state index in [1.165, 1.54) is 51.4 Å². The molecule has 0 aromatic heterocycles. The van der Waals surface area contributed by atoms with Crippen molar-refractivity contribution in [2.45, 2.75) is 89.3 Å². The molecule has 2 rings (SSSR count). The molecular weight excluding hydrogens is 224 g/mol. The Balaban J connectivity index is 1.97. The van der Waals surface area contributed by atoms with Crippen LogP contribution in [0.25, 0.3) is 0 Å². The van der Waals surface area contributed by atoms with Gasteiger partial charge in [0.2, 0.25) is 0 Å². The van der Waals surface area contributed by atoms with Gasteiger partial charge in [-0.15, -0.1) is 0 Å². The molecule has 1 unspecified atom stereocenters. The van der Waals surface area contributed by atoms with Crippen LogP contribution in [-0.4, -0.2) is 23.4 Å². The second kappa shape index (κ2) is 6.91. The van der Waals surface area contributed by atoms with E-state index >= 15 is 0 Å². The van der Waals surface area contributed by atoms with Gasteiger partial charge in [-0.05, 0) is 32.1 Å². The Morgan fingerprint density at radius 1 is 1.06 bits per heavy atom. The van der Waals surface area contributed by atoms with E-state index in [0.29, 0.717) is 0 Å². The summed E-state index contributed by atoms with van der Waals surface area (Å²) in [5.41, 5.74) is -0.214. The van der Waals surface area contributed by atoms with E-state index in [-0.39, 0.29) is 11.7 Å². The quantitative estimate of drug-likeness (QED) is 0.750. The van der Waals surface area contributed by atoms with E-state index in [1.54, 1.807) is 0 Å². The second-order valence-electron chi connectivity index (χ2n) is 6.31. The lowest BCUT2D eigenvalue weighted by Gasteiger charge is -2.38. The molecule has 0 heterocycles. The van der Waals surface area contributed by atoms with Gasteiger partial charge in [-0.1, -0.05) is 51.4 Å². The van der Waals surface area contributed by atoms with Crippen molar-refractivity contribution < 1.29 is 9.84 Å². The predicted octanol–water partition coefficient (Wildman–Crippen LogP) is 4.06. The Bertz CT molecular complexity index is 225. The Morgan fingerprint density at radius 2 is 1.67 bits per heavy atom. The van der Waals surface area contributed by atoms with Crippen LogP contribution in [0, 0.1) is 5.92 Å². The number of ether oxygens (including phenoxy) is 1. The molecule has 1 N–H and O–H groups in total. The fourth-order valence-electron chi connectivity index (χ4n) is 3.96. The molecule has 2 saturated carbocycles. The molecule has 2 nitrogen and oxygen atoms in total. The lowest BCUT2D eigenvalue weighted by molar-refractivity contribution is -0.134. The highest BCUT2D eigenvalue weighted by Crippen LogP contribution is 2.38. The average molecular weight is 254 g/mol. The molecule has 18 heavy (non-hydrogen) atoms. The van der Waals surface area contributed by atoms with E-state index in [0.717, 1.165) is 31.8 Å². The van der Waals surface area contributed by atoms with Crippen LogP contribution in [0.4, 0.5) is 0 Å². The maximum Gasteiger partial charge on any atom is 0.0940 e. The summed E-state index contributed by atoms with van der Waals surface area (Å²) in [6.07, 6.45) is 13.3. The van der Waals surface area contributed by atoms with Crippen LogP contribution in [0.2, 0.25) is 0 Å². The maximum atomic E-state index is 10.7. The molecule has 2 heteroatoms. The number of hydrogen-bond acceptors (Lipinski definition) is 2. The molecule has 2 fully saturated rings. The minimum atomic E-state index is -0.237. The molecule has 0 saturated heterocycles. The Kier molecular flexibility index (Phi) is 5.50. The lowest BCUT2D eigenvalue weighted by Crippen LogP contribution is -2.45. The van der Waals surface area contributed by atoms with Crippen LogP contribution in [-0.2, 0) is 4.74 Å². The van der Waals surface area contributed by atoms with Crippen LogP contribution < -0.4 is 0 Å². The number of aliphatic hydroxyl groups is 1. The molecule has 2 aliphatic carbocycles. The Morgan fingerprint density at radius 3 is 2.22 bits per heavy atom. The van der Waals surface area contributed by atoms with E-state index in [1.807, 2.05) is 0 Å². The molecule has 106 valence electrons. The molecule has 0 radical (unpaired) electrons. The van der Waals surface area contributed by atoms with Crippen molar-refractivity contribution in [2.75, 3.05) is 6.61 Å². The van der Waals surface area contributed by atoms with E-state index in [4.69, 9.17) is 4.74 Å². The monoisotopic (exact) mass is 254 g/mol. The first kappa shape index (κ1) is 14.3. The largest absolute Gasteiger partial charge is 0.390 e. The van der Waals surface area contributed by atoms with Crippen molar-refractivity contribution in [1.29, 1.82) is 0 Å². The van der Waals surface area contributed by atoms with Gasteiger partial charge in [0.25, 0.3) is 0 Å². The number of rotatable bonds is 5. The highest BCUT2D eigenvalue weighted by atomic mass is 16.5. The van der Waals surface area contributed by atoms with Gasteiger partial charge in [0, 0.05) is 6.61 Å².